The summed E-state index contributed by atoms with van der Waals surface area (Å²) in [6, 6.07) is 4.58. The summed E-state index contributed by atoms with van der Waals surface area (Å²) in [5, 5.41) is 13.8. The van der Waals surface area contributed by atoms with Gasteiger partial charge in [-0.05, 0) is 57.7 Å². The van der Waals surface area contributed by atoms with Crippen LogP contribution in [0.4, 0.5) is 0 Å². The van der Waals surface area contributed by atoms with Gasteiger partial charge in [0, 0.05) is 19.7 Å². The van der Waals surface area contributed by atoms with Gasteiger partial charge in [0.1, 0.15) is 11.6 Å². The molecule has 3 heterocycles. The highest BCUT2D eigenvalue weighted by molar-refractivity contribution is 7.89. The Morgan fingerprint density at radius 1 is 1.25 bits per heavy atom. The quantitative estimate of drug-likeness (QED) is 0.569. The summed E-state index contributed by atoms with van der Waals surface area (Å²) >= 11 is 0. The third-order valence-corrected chi connectivity index (χ3v) is 7.71. The van der Waals surface area contributed by atoms with Gasteiger partial charge in [-0.25, -0.2) is 17.9 Å². The number of sulfonamides is 1. The Morgan fingerprint density at radius 3 is 2.62 bits per heavy atom. The molecule has 1 aliphatic rings. The molecule has 2 aromatic heterocycles. The van der Waals surface area contributed by atoms with E-state index in [1.807, 2.05) is 6.92 Å². The molecule has 0 spiro atoms. The zero-order valence-corrected chi connectivity index (χ0v) is 19.1. The SMILES string of the molecule is CCOc1ccc(S(=O)(=O)N2CCC(CO)CC2)cc1-c1nn2c(C)nc(C)c2c(=O)[nH]1. The van der Waals surface area contributed by atoms with Crippen LogP contribution in [-0.4, -0.2) is 63.7 Å². The van der Waals surface area contributed by atoms with Crippen molar-refractivity contribution in [3.8, 4) is 17.1 Å². The standard InChI is InChI=1S/C21H27N5O5S/c1-4-31-18-6-5-16(32(29,30)25-9-7-15(12-27)8-10-25)11-17(18)20-23-21(28)19-13(2)22-14(3)26(19)24-20/h5-6,11,15,27H,4,7-10,12H2,1-3H3,(H,23,24,28). The van der Waals surface area contributed by atoms with Crippen LogP contribution in [0.2, 0.25) is 0 Å². The molecule has 0 amide bonds. The number of aliphatic hydroxyl groups excluding tert-OH is 1. The Morgan fingerprint density at radius 2 is 1.97 bits per heavy atom. The second-order valence-corrected chi connectivity index (χ2v) is 9.87. The molecular formula is C21H27N5O5S. The maximum atomic E-state index is 13.3. The normalized spacial score (nSPS) is 16.0. The van der Waals surface area contributed by atoms with Gasteiger partial charge in [0.2, 0.25) is 10.0 Å². The Bertz CT molecular complexity index is 1310. The first kappa shape index (κ1) is 22.4. The minimum Gasteiger partial charge on any atom is -0.493 e. The molecule has 32 heavy (non-hydrogen) atoms. The topological polar surface area (TPSA) is 130 Å². The molecule has 0 saturated carbocycles. The average Bonchev–Trinajstić information content (AvgIpc) is 3.07. The third-order valence-electron chi connectivity index (χ3n) is 5.81. The Balaban J connectivity index is 1.81. The maximum absolute atomic E-state index is 13.3. The molecular weight excluding hydrogens is 434 g/mol. The number of aromatic amines is 1. The minimum absolute atomic E-state index is 0.0652. The van der Waals surface area contributed by atoms with Crippen LogP contribution in [0.15, 0.2) is 27.9 Å². The zero-order valence-electron chi connectivity index (χ0n) is 18.3. The van der Waals surface area contributed by atoms with E-state index < -0.39 is 10.0 Å². The second kappa shape index (κ2) is 8.64. The lowest BCUT2D eigenvalue weighted by atomic mass is 10.00. The fraction of sp³-hybridized carbons (Fsp3) is 0.476. The highest BCUT2D eigenvalue weighted by Crippen LogP contribution is 2.32. The van der Waals surface area contributed by atoms with Crippen LogP contribution in [-0.2, 0) is 10.0 Å². The van der Waals surface area contributed by atoms with Gasteiger partial charge >= 0.3 is 0 Å². The predicted molar refractivity (Wildman–Crippen MR) is 118 cm³/mol. The lowest BCUT2D eigenvalue weighted by Gasteiger charge is -2.30. The van der Waals surface area contributed by atoms with Crippen LogP contribution < -0.4 is 10.3 Å². The van der Waals surface area contributed by atoms with Crippen molar-refractivity contribution in [3.05, 3.63) is 40.1 Å². The number of rotatable bonds is 6. The smallest absolute Gasteiger partial charge is 0.277 e. The van der Waals surface area contributed by atoms with Crippen molar-refractivity contribution in [2.75, 3.05) is 26.3 Å². The zero-order chi connectivity index (χ0) is 23.0. The highest BCUT2D eigenvalue weighted by atomic mass is 32.2. The van der Waals surface area contributed by atoms with Crippen molar-refractivity contribution >= 4 is 15.5 Å². The Labute approximate surface area is 185 Å². The van der Waals surface area contributed by atoms with Crippen molar-refractivity contribution in [1.29, 1.82) is 0 Å². The van der Waals surface area contributed by atoms with Crippen molar-refractivity contribution in [2.45, 2.75) is 38.5 Å². The van der Waals surface area contributed by atoms with Crippen molar-refractivity contribution in [3.63, 3.8) is 0 Å². The number of nitrogens with one attached hydrogen (secondary N) is 1. The molecule has 0 radical (unpaired) electrons. The van der Waals surface area contributed by atoms with Crippen LogP contribution in [0.1, 0.15) is 31.3 Å². The Hall–Kier alpha value is -2.76. The van der Waals surface area contributed by atoms with Crippen LogP contribution in [0.5, 0.6) is 5.75 Å². The summed E-state index contributed by atoms with van der Waals surface area (Å²) in [7, 11) is -3.76. The van der Waals surface area contributed by atoms with Crippen LogP contribution in [0.25, 0.3) is 16.9 Å². The van der Waals surface area contributed by atoms with Gasteiger partial charge in [-0.3, -0.25) is 4.79 Å². The molecule has 11 heteroatoms. The van der Waals surface area contributed by atoms with E-state index in [1.165, 1.54) is 21.0 Å². The minimum atomic E-state index is -3.76. The van der Waals surface area contributed by atoms with E-state index in [0.717, 1.165) is 0 Å². The molecule has 1 saturated heterocycles. The number of hydrogen-bond acceptors (Lipinski definition) is 7. The number of hydrogen-bond donors (Lipinski definition) is 2. The van der Waals surface area contributed by atoms with Crippen LogP contribution in [0.3, 0.4) is 0 Å². The molecule has 0 bridgehead atoms. The summed E-state index contributed by atoms with van der Waals surface area (Å²) in [5.41, 5.74) is 0.924. The summed E-state index contributed by atoms with van der Waals surface area (Å²) in [5.74, 6) is 1.29. The lowest BCUT2D eigenvalue weighted by Crippen LogP contribution is -2.39. The van der Waals surface area contributed by atoms with Crippen molar-refractivity contribution in [1.82, 2.24) is 23.9 Å². The molecule has 1 fully saturated rings. The van der Waals surface area contributed by atoms with Gasteiger partial charge in [-0.15, -0.1) is 5.10 Å². The maximum Gasteiger partial charge on any atom is 0.277 e. The van der Waals surface area contributed by atoms with E-state index in [-0.39, 0.29) is 28.8 Å². The Kier molecular flexibility index (Phi) is 6.06. The molecule has 2 N–H and O–H groups in total. The van der Waals surface area contributed by atoms with E-state index in [1.54, 1.807) is 19.9 Å². The predicted octanol–water partition coefficient (Wildman–Crippen LogP) is 1.49. The van der Waals surface area contributed by atoms with E-state index in [4.69, 9.17) is 4.74 Å². The van der Waals surface area contributed by atoms with Crippen LogP contribution in [0, 0.1) is 19.8 Å². The fourth-order valence-corrected chi connectivity index (χ4v) is 5.57. The van der Waals surface area contributed by atoms with Gasteiger partial charge in [0.15, 0.2) is 11.3 Å². The number of aromatic nitrogens is 4. The number of benzene rings is 1. The fourth-order valence-electron chi connectivity index (χ4n) is 4.07. The van der Waals surface area contributed by atoms with Gasteiger partial charge in [-0.1, -0.05) is 0 Å². The van der Waals surface area contributed by atoms with E-state index in [0.29, 0.717) is 60.9 Å². The van der Waals surface area contributed by atoms with Gasteiger partial charge in [0.05, 0.1) is 22.8 Å². The molecule has 1 aliphatic heterocycles. The first-order valence-corrected chi connectivity index (χ1v) is 12.0. The number of nitrogens with zero attached hydrogens (tertiary/aromatic N) is 4. The molecule has 10 nitrogen and oxygen atoms in total. The highest BCUT2D eigenvalue weighted by Gasteiger charge is 2.30. The van der Waals surface area contributed by atoms with Crippen LogP contribution >= 0.6 is 0 Å². The van der Waals surface area contributed by atoms with Gasteiger partial charge in [-0.2, -0.15) is 4.31 Å². The number of H-pyrrole nitrogens is 1. The third kappa shape index (κ3) is 3.91. The number of ether oxygens (including phenoxy) is 1. The molecule has 172 valence electrons. The van der Waals surface area contributed by atoms with E-state index in [2.05, 4.69) is 15.1 Å². The first-order chi connectivity index (χ1) is 15.3. The van der Waals surface area contributed by atoms with Crippen molar-refractivity contribution in [2.24, 2.45) is 5.92 Å². The number of piperidine rings is 1. The average molecular weight is 462 g/mol. The molecule has 3 aromatic rings. The first-order valence-electron chi connectivity index (χ1n) is 10.6. The van der Waals surface area contributed by atoms with Crippen molar-refractivity contribution < 1.29 is 18.3 Å². The summed E-state index contributed by atoms with van der Waals surface area (Å²) in [6.45, 7) is 6.44. The van der Waals surface area contributed by atoms with E-state index in [9.17, 15) is 18.3 Å². The van der Waals surface area contributed by atoms with Gasteiger partial charge in [0.25, 0.3) is 5.56 Å². The number of aliphatic hydroxyl groups is 1. The molecule has 0 atom stereocenters. The largest absolute Gasteiger partial charge is 0.493 e. The molecule has 0 unspecified atom stereocenters. The molecule has 0 aliphatic carbocycles. The van der Waals surface area contributed by atoms with E-state index >= 15 is 0 Å². The summed E-state index contributed by atoms with van der Waals surface area (Å²) < 4.78 is 35.2. The van der Waals surface area contributed by atoms with Gasteiger partial charge < -0.3 is 14.8 Å². The number of aryl methyl sites for hydroxylation is 2. The molecule has 4 rings (SSSR count). The lowest BCUT2D eigenvalue weighted by molar-refractivity contribution is 0.170. The summed E-state index contributed by atoms with van der Waals surface area (Å²) in [6.07, 6.45) is 1.23. The second-order valence-electron chi connectivity index (χ2n) is 7.93. The number of fused-ring (bicyclic) bond motifs is 1. The summed E-state index contributed by atoms with van der Waals surface area (Å²) in [4.78, 5) is 19.9. The molecule has 1 aromatic carbocycles. The number of imidazole rings is 1. The monoisotopic (exact) mass is 461 g/mol.